The Balaban J connectivity index is 1.58. The van der Waals surface area contributed by atoms with E-state index in [1.807, 2.05) is 18.2 Å². The molecule has 1 aliphatic rings. The van der Waals surface area contributed by atoms with Crippen molar-refractivity contribution in [3.63, 3.8) is 0 Å². The Morgan fingerprint density at radius 3 is 2.62 bits per heavy atom. The second-order valence-corrected chi connectivity index (χ2v) is 6.83. The molecule has 1 amide bonds. The zero-order valence-corrected chi connectivity index (χ0v) is 14.8. The molecule has 0 unspecified atom stereocenters. The largest absolute Gasteiger partial charge is 0.350 e. The molecule has 1 aromatic heterocycles. The van der Waals surface area contributed by atoms with Crippen molar-refractivity contribution in [2.45, 2.75) is 71.3 Å². The van der Waals surface area contributed by atoms with Gasteiger partial charge in [-0.1, -0.05) is 57.9 Å². The summed E-state index contributed by atoms with van der Waals surface area (Å²) in [6.07, 6.45) is 11.6. The molecule has 2 heterocycles. The van der Waals surface area contributed by atoms with E-state index in [4.69, 9.17) is 4.98 Å². The standard InChI is InChI=1S/C20H29N3O/c1-2-3-4-5-6-7-8-9-13-18-22-17-12-10-11-16-19(17)23(18)15-14-21-20(16)24/h10-12H,2-9,13-15H2,1H3,(H,21,24). The van der Waals surface area contributed by atoms with Gasteiger partial charge in [0.1, 0.15) is 5.82 Å². The van der Waals surface area contributed by atoms with Crippen LogP contribution in [0, 0.1) is 0 Å². The van der Waals surface area contributed by atoms with Gasteiger partial charge >= 0.3 is 0 Å². The van der Waals surface area contributed by atoms with Crippen molar-refractivity contribution in [2.24, 2.45) is 0 Å². The van der Waals surface area contributed by atoms with Crippen LogP contribution in [-0.4, -0.2) is 22.0 Å². The second-order valence-electron chi connectivity index (χ2n) is 6.83. The maximum atomic E-state index is 12.2. The Bertz CT molecular complexity index is 689. The monoisotopic (exact) mass is 327 g/mol. The molecule has 0 saturated carbocycles. The molecule has 0 fully saturated rings. The van der Waals surface area contributed by atoms with E-state index >= 15 is 0 Å². The predicted molar refractivity (Wildman–Crippen MR) is 98.4 cm³/mol. The van der Waals surface area contributed by atoms with Crippen LogP contribution in [0.15, 0.2) is 18.2 Å². The van der Waals surface area contributed by atoms with Gasteiger partial charge in [0, 0.05) is 19.5 Å². The van der Waals surface area contributed by atoms with Gasteiger partial charge < -0.3 is 9.88 Å². The van der Waals surface area contributed by atoms with Crippen LogP contribution < -0.4 is 5.32 Å². The average Bonchev–Trinajstić information content (AvgIpc) is 2.85. The lowest BCUT2D eigenvalue weighted by Gasteiger charge is -2.07. The molecule has 0 aliphatic carbocycles. The van der Waals surface area contributed by atoms with Gasteiger partial charge in [-0.15, -0.1) is 0 Å². The summed E-state index contributed by atoms with van der Waals surface area (Å²) in [4.78, 5) is 17.0. The van der Waals surface area contributed by atoms with Gasteiger partial charge in [0.2, 0.25) is 0 Å². The molecule has 0 bridgehead atoms. The highest BCUT2D eigenvalue weighted by Crippen LogP contribution is 2.23. The van der Waals surface area contributed by atoms with Crippen molar-refractivity contribution in [3.8, 4) is 0 Å². The highest BCUT2D eigenvalue weighted by atomic mass is 16.1. The number of aromatic nitrogens is 2. The molecule has 1 aliphatic heterocycles. The van der Waals surface area contributed by atoms with Crippen molar-refractivity contribution >= 4 is 16.9 Å². The number of amides is 1. The summed E-state index contributed by atoms with van der Waals surface area (Å²) in [6, 6.07) is 5.85. The summed E-state index contributed by atoms with van der Waals surface area (Å²) >= 11 is 0. The number of rotatable bonds is 9. The van der Waals surface area contributed by atoms with Crippen molar-refractivity contribution in [1.29, 1.82) is 0 Å². The fraction of sp³-hybridized carbons (Fsp3) is 0.600. The first-order valence-corrected chi connectivity index (χ1v) is 9.57. The molecule has 1 aromatic carbocycles. The summed E-state index contributed by atoms with van der Waals surface area (Å²) in [5.74, 6) is 1.16. The fourth-order valence-electron chi connectivity index (χ4n) is 3.64. The summed E-state index contributed by atoms with van der Waals surface area (Å²) < 4.78 is 2.25. The Morgan fingerprint density at radius 1 is 1.08 bits per heavy atom. The van der Waals surface area contributed by atoms with E-state index in [2.05, 4.69) is 16.8 Å². The summed E-state index contributed by atoms with van der Waals surface area (Å²) in [5, 5.41) is 2.98. The maximum absolute atomic E-state index is 12.2. The number of carbonyl (C=O) groups is 1. The number of carbonyl (C=O) groups excluding carboxylic acids is 1. The molecule has 130 valence electrons. The molecule has 0 atom stereocenters. The van der Waals surface area contributed by atoms with Crippen LogP contribution in [0.1, 0.15) is 74.5 Å². The number of nitrogens with zero attached hydrogens (tertiary/aromatic N) is 2. The first-order chi connectivity index (χ1) is 11.8. The van der Waals surface area contributed by atoms with Crippen molar-refractivity contribution < 1.29 is 4.79 Å². The van der Waals surface area contributed by atoms with E-state index < -0.39 is 0 Å². The Kier molecular flexibility index (Phi) is 5.89. The minimum atomic E-state index is 0.0258. The second kappa shape index (κ2) is 8.32. The summed E-state index contributed by atoms with van der Waals surface area (Å²) in [5.41, 5.74) is 2.74. The van der Waals surface area contributed by atoms with Crippen LogP contribution >= 0.6 is 0 Å². The van der Waals surface area contributed by atoms with Crippen LogP contribution in [0.3, 0.4) is 0 Å². The van der Waals surface area contributed by atoms with Crippen molar-refractivity contribution in [1.82, 2.24) is 14.9 Å². The highest BCUT2D eigenvalue weighted by Gasteiger charge is 2.20. The molecule has 0 spiro atoms. The molecule has 2 aromatic rings. The third kappa shape index (κ3) is 3.80. The number of hydrogen-bond acceptors (Lipinski definition) is 2. The predicted octanol–water partition coefficient (Wildman–Crippen LogP) is 4.46. The lowest BCUT2D eigenvalue weighted by molar-refractivity contribution is 0.0956. The summed E-state index contributed by atoms with van der Waals surface area (Å²) in [6.45, 7) is 3.77. The van der Waals surface area contributed by atoms with Crippen LogP contribution in [0.5, 0.6) is 0 Å². The van der Waals surface area contributed by atoms with E-state index in [1.165, 1.54) is 51.4 Å². The van der Waals surface area contributed by atoms with Crippen molar-refractivity contribution in [2.75, 3.05) is 6.54 Å². The molecule has 0 radical (unpaired) electrons. The summed E-state index contributed by atoms with van der Waals surface area (Å²) in [7, 11) is 0. The Morgan fingerprint density at radius 2 is 1.83 bits per heavy atom. The van der Waals surface area contributed by atoms with E-state index in [-0.39, 0.29) is 5.91 Å². The topological polar surface area (TPSA) is 46.9 Å². The van der Waals surface area contributed by atoms with Crippen LogP contribution in [0.4, 0.5) is 0 Å². The van der Waals surface area contributed by atoms with E-state index in [1.54, 1.807) is 0 Å². The smallest absolute Gasteiger partial charge is 0.253 e. The minimum absolute atomic E-state index is 0.0258. The van der Waals surface area contributed by atoms with E-state index in [0.717, 1.165) is 35.4 Å². The van der Waals surface area contributed by atoms with Crippen LogP contribution in [0.2, 0.25) is 0 Å². The Hall–Kier alpha value is -1.84. The number of aryl methyl sites for hydroxylation is 1. The molecule has 24 heavy (non-hydrogen) atoms. The first-order valence-electron chi connectivity index (χ1n) is 9.57. The quantitative estimate of drug-likeness (QED) is 0.691. The Labute approximate surface area is 144 Å². The minimum Gasteiger partial charge on any atom is -0.350 e. The number of nitrogens with one attached hydrogen (secondary N) is 1. The zero-order valence-electron chi connectivity index (χ0n) is 14.8. The van der Waals surface area contributed by atoms with E-state index in [0.29, 0.717) is 6.54 Å². The maximum Gasteiger partial charge on any atom is 0.253 e. The number of hydrogen-bond donors (Lipinski definition) is 1. The van der Waals surface area contributed by atoms with Gasteiger partial charge in [-0.3, -0.25) is 4.79 Å². The number of unbranched alkanes of at least 4 members (excludes halogenated alkanes) is 7. The van der Waals surface area contributed by atoms with E-state index in [9.17, 15) is 4.79 Å². The number of para-hydroxylation sites is 1. The van der Waals surface area contributed by atoms with Crippen molar-refractivity contribution in [3.05, 3.63) is 29.6 Å². The van der Waals surface area contributed by atoms with Crippen LogP contribution in [0.25, 0.3) is 11.0 Å². The lowest BCUT2D eigenvalue weighted by Crippen LogP contribution is -2.24. The van der Waals surface area contributed by atoms with Gasteiger partial charge in [-0.25, -0.2) is 4.98 Å². The van der Waals surface area contributed by atoms with Gasteiger partial charge in [0.05, 0.1) is 16.6 Å². The molecule has 4 nitrogen and oxygen atoms in total. The molecular weight excluding hydrogens is 298 g/mol. The van der Waals surface area contributed by atoms with Gasteiger partial charge in [-0.2, -0.15) is 0 Å². The number of imidazole rings is 1. The zero-order chi connectivity index (χ0) is 16.8. The average molecular weight is 327 g/mol. The molecular formula is C20H29N3O. The van der Waals surface area contributed by atoms with Crippen LogP contribution in [-0.2, 0) is 13.0 Å². The molecule has 3 rings (SSSR count). The normalized spacial score (nSPS) is 14.0. The van der Waals surface area contributed by atoms with Gasteiger partial charge in [0.15, 0.2) is 0 Å². The van der Waals surface area contributed by atoms with Gasteiger partial charge in [-0.05, 0) is 18.6 Å². The fourth-order valence-corrected chi connectivity index (χ4v) is 3.64. The third-order valence-corrected chi connectivity index (χ3v) is 4.97. The molecule has 0 saturated heterocycles. The number of benzene rings is 1. The first kappa shape index (κ1) is 17.0. The van der Waals surface area contributed by atoms with Gasteiger partial charge in [0.25, 0.3) is 5.91 Å². The molecule has 1 N–H and O–H groups in total. The lowest BCUT2D eigenvalue weighted by atomic mass is 10.1. The third-order valence-electron chi connectivity index (χ3n) is 4.97. The highest BCUT2D eigenvalue weighted by molar-refractivity contribution is 6.05. The SMILES string of the molecule is CCCCCCCCCCc1nc2cccc3c2n1CCNC3=O. The molecule has 4 heteroatoms.